The number of carbonyl (C=O) groups is 3. The van der Waals surface area contributed by atoms with E-state index in [-0.39, 0.29) is 29.6 Å². The number of hydrogen-bond donors (Lipinski definition) is 1. The molecule has 10 heteroatoms. The van der Waals surface area contributed by atoms with Crippen molar-refractivity contribution in [1.82, 2.24) is 9.13 Å². The summed E-state index contributed by atoms with van der Waals surface area (Å²) in [4.78, 5) is 37.3. The number of ether oxygens (including phenoxy) is 1. The summed E-state index contributed by atoms with van der Waals surface area (Å²) < 4.78 is 7.42. The number of fused-ring (bicyclic) bond motifs is 1. The van der Waals surface area contributed by atoms with E-state index >= 15 is 0 Å². The van der Waals surface area contributed by atoms with E-state index in [1.54, 1.807) is 11.8 Å². The van der Waals surface area contributed by atoms with Crippen LogP contribution in [0.25, 0.3) is 0 Å². The van der Waals surface area contributed by atoms with Crippen LogP contribution in [0.2, 0.25) is 39.3 Å². The topological polar surface area (TPSA) is 87.1 Å². The molecule has 2 rings (SSSR count). The van der Waals surface area contributed by atoms with E-state index < -0.39 is 28.4 Å². The van der Waals surface area contributed by atoms with Gasteiger partial charge in [-0.2, -0.15) is 0 Å². The van der Waals surface area contributed by atoms with Crippen LogP contribution in [0.5, 0.6) is 0 Å². The summed E-state index contributed by atoms with van der Waals surface area (Å²) >= 11 is 1.56. The first-order chi connectivity index (χ1) is 11.8. The molecule has 146 valence electrons. The molecule has 7 nitrogen and oxygen atoms in total. The first kappa shape index (κ1) is 21.2. The van der Waals surface area contributed by atoms with Crippen LogP contribution in [-0.2, 0) is 19.1 Å². The lowest BCUT2D eigenvalue weighted by Crippen LogP contribution is -2.78. The van der Waals surface area contributed by atoms with Gasteiger partial charge in [0.2, 0.25) is 5.91 Å². The first-order valence-corrected chi connectivity index (χ1v) is 16.5. The van der Waals surface area contributed by atoms with Crippen molar-refractivity contribution in [2.75, 3.05) is 12.4 Å². The van der Waals surface area contributed by atoms with Crippen molar-refractivity contribution in [3.63, 3.8) is 0 Å². The molecule has 1 N–H and O–H groups in total. The fourth-order valence-electron chi connectivity index (χ4n) is 3.91. The molecule has 2 atom stereocenters. The second kappa shape index (κ2) is 7.14. The number of aliphatic carboxylic acids is 1. The predicted octanol–water partition coefficient (Wildman–Crippen LogP) is 2.14. The zero-order chi connectivity index (χ0) is 20.0. The summed E-state index contributed by atoms with van der Waals surface area (Å²) in [6, 6.07) is -0.261. The van der Waals surface area contributed by atoms with Gasteiger partial charge in [-0.05, 0) is 0 Å². The molecule has 0 aromatic heterocycles. The van der Waals surface area contributed by atoms with Gasteiger partial charge in [0.05, 0.1) is 0 Å². The third-order valence-electron chi connectivity index (χ3n) is 4.39. The van der Waals surface area contributed by atoms with E-state index in [0.29, 0.717) is 11.3 Å². The summed E-state index contributed by atoms with van der Waals surface area (Å²) in [5.41, 5.74) is 0.468. The fourth-order valence-corrected chi connectivity index (χ4v) is 15.7. The average Bonchev–Trinajstić information content (AvgIpc) is 2.46. The fraction of sp³-hybridized carbons (Fsp3) is 0.688. The average molecular weight is 417 g/mol. The number of rotatable bonds is 6. The molecular weight excluding hydrogens is 388 g/mol. The standard InChI is InChI=1S/C16H28N2O5SSi2/c1-10(19)23-8-11-9-24-15-13(14(20)17(15)12(11)16(21)22)18(25(2,3)4)26(5,6)7/h13,15H,8-9H2,1-7H3,(H,21,22)/t13-,15-/m1/s1. The third kappa shape index (κ3) is 3.92. The molecule has 1 saturated heterocycles. The molecule has 0 aliphatic carbocycles. The van der Waals surface area contributed by atoms with Crippen LogP contribution in [0.15, 0.2) is 11.3 Å². The number of esters is 1. The maximum Gasteiger partial charge on any atom is 0.352 e. The number of carboxylic acid groups (broad SMARTS) is 1. The van der Waals surface area contributed by atoms with Crippen molar-refractivity contribution in [2.45, 2.75) is 57.6 Å². The van der Waals surface area contributed by atoms with E-state index in [1.165, 1.54) is 11.8 Å². The Balaban J connectivity index is 2.37. The molecule has 0 unspecified atom stereocenters. The zero-order valence-electron chi connectivity index (χ0n) is 16.5. The van der Waals surface area contributed by atoms with Gasteiger partial charge in [0.1, 0.15) is 40.2 Å². The van der Waals surface area contributed by atoms with Crippen molar-refractivity contribution in [2.24, 2.45) is 0 Å². The Kier molecular flexibility index (Phi) is 5.82. The van der Waals surface area contributed by atoms with E-state index in [9.17, 15) is 19.5 Å². The van der Waals surface area contributed by atoms with Gasteiger partial charge in [-0.3, -0.25) is 14.5 Å². The van der Waals surface area contributed by atoms with Crippen LogP contribution in [-0.4, -0.2) is 72.3 Å². The molecule has 2 aliphatic heterocycles. The summed E-state index contributed by atoms with van der Waals surface area (Å²) in [5.74, 6) is -1.31. The molecule has 0 radical (unpaired) electrons. The van der Waals surface area contributed by atoms with Gasteiger partial charge in [-0.15, -0.1) is 11.8 Å². The molecule has 1 amide bonds. The molecule has 0 aromatic rings. The Morgan fingerprint density at radius 1 is 1.23 bits per heavy atom. The molecule has 26 heavy (non-hydrogen) atoms. The second-order valence-corrected chi connectivity index (χ2v) is 19.8. The minimum atomic E-state index is -1.77. The van der Waals surface area contributed by atoms with E-state index in [2.05, 4.69) is 43.5 Å². The number of amides is 1. The summed E-state index contributed by atoms with van der Waals surface area (Å²) in [7, 11) is -3.54. The molecule has 2 heterocycles. The highest BCUT2D eigenvalue weighted by molar-refractivity contribution is 8.00. The van der Waals surface area contributed by atoms with E-state index in [0.717, 1.165) is 0 Å². The first-order valence-electron chi connectivity index (χ1n) is 8.59. The number of β-lactam (4-membered cyclic amide) rings is 1. The minimum absolute atomic E-state index is 0.0117. The third-order valence-corrected chi connectivity index (χ3v) is 13.2. The van der Waals surface area contributed by atoms with Gasteiger partial charge in [0.25, 0.3) is 0 Å². The Bertz CT molecular complexity index is 655. The number of nitrogens with zero attached hydrogens (tertiary/aromatic N) is 2. The minimum Gasteiger partial charge on any atom is -0.477 e. The van der Waals surface area contributed by atoms with Crippen molar-refractivity contribution >= 4 is 46.1 Å². The van der Waals surface area contributed by atoms with Gasteiger partial charge in [-0.25, -0.2) is 4.79 Å². The second-order valence-electron chi connectivity index (χ2n) is 8.60. The monoisotopic (exact) mass is 416 g/mol. The number of hydrogen-bond acceptors (Lipinski definition) is 6. The van der Waals surface area contributed by atoms with Crippen molar-refractivity contribution < 1.29 is 24.2 Å². The van der Waals surface area contributed by atoms with Crippen molar-refractivity contribution in [1.29, 1.82) is 0 Å². The SMILES string of the molecule is CC(=O)OCC1=C(C(=O)O)N2C(=O)[C@@H](N([Si](C)(C)C)[Si](C)(C)C)[C@H]2SC1. The lowest BCUT2D eigenvalue weighted by atomic mass is 10.0. The molecule has 0 spiro atoms. The van der Waals surface area contributed by atoms with Crippen molar-refractivity contribution in [3.05, 3.63) is 11.3 Å². The molecule has 0 aromatic carbocycles. The molecule has 0 saturated carbocycles. The molecular formula is C16H28N2O5SSi2. The van der Waals surface area contributed by atoms with Crippen LogP contribution < -0.4 is 0 Å². The van der Waals surface area contributed by atoms with Gasteiger partial charge in [-0.1, -0.05) is 39.3 Å². The van der Waals surface area contributed by atoms with E-state index in [4.69, 9.17) is 4.74 Å². The Morgan fingerprint density at radius 3 is 2.19 bits per heavy atom. The summed E-state index contributed by atoms with van der Waals surface area (Å²) in [6.45, 7) is 14.6. The largest absolute Gasteiger partial charge is 0.477 e. The van der Waals surface area contributed by atoms with Crippen LogP contribution in [0.3, 0.4) is 0 Å². The van der Waals surface area contributed by atoms with Crippen LogP contribution in [0.4, 0.5) is 0 Å². The maximum atomic E-state index is 13.0. The lowest BCUT2D eigenvalue weighted by molar-refractivity contribution is -0.151. The van der Waals surface area contributed by atoms with Crippen LogP contribution in [0, 0.1) is 0 Å². The lowest BCUT2D eigenvalue weighted by Gasteiger charge is -2.59. The van der Waals surface area contributed by atoms with Gasteiger partial charge in [0, 0.05) is 18.2 Å². The van der Waals surface area contributed by atoms with Gasteiger partial charge < -0.3 is 14.1 Å². The summed E-state index contributed by atoms with van der Waals surface area (Å²) in [6.07, 6.45) is 0. The Labute approximate surface area is 160 Å². The Morgan fingerprint density at radius 2 is 1.77 bits per heavy atom. The highest BCUT2D eigenvalue weighted by atomic mass is 32.2. The van der Waals surface area contributed by atoms with E-state index in [1.807, 2.05) is 0 Å². The predicted molar refractivity (Wildman–Crippen MR) is 107 cm³/mol. The zero-order valence-corrected chi connectivity index (χ0v) is 19.3. The molecule has 2 aliphatic rings. The van der Waals surface area contributed by atoms with Crippen LogP contribution >= 0.6 is 11.8 Å². The molecule has 0 bridgehead atoms. The number of carboxylic acids is 1. The summed E-state index contributed by atoms with van der Waals surface area (Å²) in [5, 5.41) is 9.47. The van der Waals surface area contributed by atoms with Crippen LogP contribution in [0.1, 0.15) is 6.92 Å². The highest BCUT2D eigenvalue weighted by Gasteiger charge is 2.59. The van der Waals surface area contributed by atoms with Gasteiger partial charge in [0.15, 0.2) is 0 Å². The Hall–Kier alpha value is -1.11. The van der Waals surface area contributed by atoms with Crippen molar-refractivity contribution in [3.8, 4) is 0 Å². The normalized spacial score (nSPS) is 23.7. The quantitative estimate of drug-likeness (QED) is 0.403. The molecule has 1 fully saturated rings. The number of thioether (sulfide) groups is 1. The smallest absolute Gasteiger partial charge is 0.352 e. The highest BCUT2D eigenvalue weighted by Crippen LogP contribution is 2.45. The number of carbonyl (C=O) groups excluding carboxylic acids is 2. The maximum absolute atomic E-state index is 13.0. The van der Waals surface area contributed by atoms with Gasteiger partial charge >= 0.3 is 11.9 Å².